The number of nitrogens with zero attached hydrogens (tertiary/aromatic N) is 1. The van der Waals surface area contributed by atoms with Crippen molar-refractivity contribution < 1.29 is 23.5 Å². The Morgan fingerprint density at radius 3 is 2.39 bits per heavy atom. The predicted molar refractivity (Wildman–Crippen MR) is 122 cm³/mol. The minimum atomic E-state index is -0.737. The van der Waals surface area contributed by atoms with Crippen molar-refractivity contribution >= 4 is 23.5 Å². The molecular weight excluding hydrogens is 427 g/mol. The Balaban J connectivity index is 1.53. The Bertz CT molecular complexity index is 975. The lowest BCUT2D eigenvalue weighted by molar-refractivity contribution is -0.128. The van der Waals surface area contributed by atoms with Crippen molar-refractivity contribution in [1.82, 2.24) is 15.5 Å². The van der Waals surface area contributed by atoms with Gasteiger partial charge in [-0.15, -0.1) is 0 Å². The molecule has 2 aromatic rings. The van der Waals surface area contributed by atoms with Gasteiger partial charge in [-0.2, -0.15) is 0 Å². The van der Waals surface area contributed by atoms with Crippen molar-refractivity contribution in [2.45, 2.75) is 38.3 Å². The van der Waals surface area contributed by atoms with Crippen LogP contribution in [-0.2, 0) is 16.0 Å². The fourth-order valence-corrected chi connectivity index (χ4v) is 3.81. The summed E-state index contributed by atoms with van der Waals surface area (Å²) in [4.78, 5) is 38.7. The Kier molecular flexibility index (Phi) is 8.23. The zero-order valence-electron chi connectivity index (χ0n) is 18.8. The summed E-state index contributed by atoms with van der Waals surface area (Å²) in [5, 5.41) is 8.47. The number of piperidine rings is 1. The van der Waals surface area contributed by atoms with Crippen molar-refractivity contribution in [2.75, 3.05) is 25.5 Å². The van der Waals surface area contributed by atoms with Crippen molar-refractivity contribution in [3.63, 3.8) is 0 Å². The van der Waals surface area contributed by atoms with E-state index in [0.29, 0.717) is 43.8 Å². The molecule has 1 aliphatic rings. The molecule has 9 heteroatoms. The lowest BCUT2D eigenvalue weighted by atomic mass is 10.0. The van der Waals surface area contributed by atoms with Gasteiger partial charge in [0.2, 0.25) is 11.8 Å². The van der Waals surface area contributed by atoms with Crippen LogP contribution in [0.15, 0.2) is 48.5 Å². The van der Waals surface area contributed by atoms with E-state index in [1.807, 2.05) is 24.3 Å². The molecule has 0 saturated carbocycles. The number of para-hydroxylation sites is 1. The van der Waals surface area contributed by atoms with E-state index in [0.717, 1.165) is 5.56 Å². The van der Waals surface area contributed by atoms with E-state index in [4.69, 9.17) is 4.74 Å². The van der Waals surface area contributed by atoms with Gasteiger partial charge in [0.15, 0.2) is 0 Å². The van der Waals surface area contributed by atoms with E-state index in [2.05, 4.69) is 16.0 Å². The molecule has 1 saturated heterocycles. The zero-order chi connectivity index (χ0) is 23.8. The molecule has 2 aromatic carbocycles. The van der Waals surface area contributed by atoms with Crippen LogP contribution in [0.25, 0.3) is 0 Å². The molecule has 176 valence electrons. The number of urea groups is 1. The highest BCUT2D eigenvalue weighted by molar-refractivity contribution is 5.89. The average molecular weight is 457 g/mol. The summed E-state index contributed by atoms with van der Waals surface area (Å²) < 4.78 is 18.4. The minimum Gasteiger partial charge on any atom is -0.496 e. The molecule has 8 nitrogen and oxygen atoms in total. The summed E-state index contributed by atoms with van der Waals surface area (Å²) in [5.74, 6) is -0.281. The van der Waals surface area contributed by atoms with Crippen LogP contribution < -0.4 is 20.7 Å². The van der Waals surface area contributed by atoms with Crippen molar-refractivity contribution in [1.29, 1.82) is 0 Å². The average Bonchev–Trinajstić information content (AvgIpc) is 2.80. The largest absolute Gasteiger partial charge is 0.496 e. The molecule has 1 aliphatic heterocycles. The fraction of sp³-hybridized carbons (Fsp3) is 0.375. The number of amides is 4. The summed E-state index contributed by atoms with van der Waals surface area (Å²) in [6, 6.07) is 11.8. The molecule has 0 radical (unpaired) electrons. The first-order chi connectivity index (χ1) is 15.9. The van der Waals surface area contributed by atoms with Crippen molar-refractivity contribution in [3.05, 3.63) is 59.9 Å². The van der Waals surface area contributed by atoms with Crippen molar-refractivity contribution in [3.8, 4) is 5.75 Å². The maximum Gasteiger partial charge on any atom is 0.321 e. The van der Waals surface area contributed by atoms with Crippen LogP contribution in [0.3, 0.4) is 0 Å². The smallest absolute Gasteiger partial charge is 0.321 e. The number of methoxy groups -OCH3 is 1. The van der Waals surface area contributed by atoms with Gasteiger partial charge in [0.05, 0.1) is 7.11 Å². The number of ether oxygens (including phenoxy) is 1. The number of anilines is 1. The van der Waals surface area contributed by atoms with E-state index in [-0.39, 0.29) is 29.7 Å². The van der Waals surface area contributed by atoms with E-state index in [1.54, 1.807) is 12.0 Å². The third kappa shape index (κ3) is 6.93. The molecule has 1 fully saturated rings. The molecule has 0 aliphatic carbocycles. The molecule has 3 N–H and O–H groups in total. The number of halogens is 1. The van der Waals surface area contributed by atoms with Gasteiger partial charge in [-0.1, -0.05) is 18.2 Å². The van der Waals surface area contributed by atoms with E-state index in [1.165, 1.54) is 31.2 Å². The van der Waals surface area contributed by atoms with Crippen LogP contribution in [0.2, 0.25) is 0 Å². The highest BCUT2D eigenvalue weighted by Crippen LogP contribution is 2.20. The lowest BCUT2D eigenvalue weighted by Crippen LogP contribution is -2.53. The summed E-state index contributed by atoms with van der Waals surface area (Å²) in [6.07, 6.45) is 1.47. The second kappa shape index (κ2) is 11.3. The number of rotatable bonds is 7. The van der Waals surface area contributed by atoms with Gasteiger partial charge in [0.25, 0.3) is 0 Å². The van der Waals surface area contributed by atoms with Gasteiger partial charge in [0.1, 0.15) is 17.6 Å². The first-order valence-electron chi connectivity index (χ1n) is 10.9. The van der Waals surface area contributed by atoms with Gasteiger partial charge >= 0.3 is 6.03 Å². The van der Waals surface area contributed by atoms with E-state index >= 15 is 0 Å². The number of likely N-dealkylation sites (tertiary alicyclic amines) is 1. The molecule has 1 heterocycles. The topological polar surface area (TPSA) is 99.8 Å². The molecule has 0 aromatic heterocycles. The molecule has 0 bridgehead atoms. The van der Waals surface area contributed by atoms with Crippen molar-refractivity contribution in [2.24, 2.45) is 0 Å². The second-order valence-corrected chi connectivity index (χ2v) is 7.98. The van der Waals surface area contributed by atoms with Gasteiger partial charge in [-0.05, 0) is 48.7 Å². The Morgan fingerprint density at radius 2 is 1.76 bits per heavy atom. The zero-order valence-corrected chi connectivity index (χ0v) is 18.8. The van der Waals surface area contributed by atoms with E-state index < -0.39 is 6.04 Å². The van der Waals surface area contributed by atoms with Crippen LogP contribution in [0.1, 0.15) is 25.3 Å². The number of carbonyl (C=O) groups is 3. The molecule has 3 rings (SSSR count). The van der Waals surface area contributed by atoms with Gasteiger partial charge in [-0.25, -0.2) is 9.18 Å². The third-order valence-electron chi connectivity index (χ3n) is 5.53. The maximum absolute atomic E-state index is 13.0. The Labute approximate surface area is 192 Å². The van der Waals surface area contributed by atoms with Crippen LogP contribution in [0.4, 0.5) is 14.9 Å². The third-order valence-corrected chi connectivity index (χ3v) is 5.53. The first kappa shape index (κ1) is 24.0. The minimum absolute atomic E-state index is 0.110. The van der Waals surface area contributed by atoms with Gasteiger partial charge < -0.3 is 25.6 Å². The van der Waals surface area contributed by atoms with Crippen LogP contribution in [-0.4, -0.2) is 55.0 Å². The lowest BCUT2D eigenvalue weighted by Gasteiger charge is -2.33. The number of benzene rings is 2. The molecule has 33 heavy (non-hydrogen) atoms. The fourth-order valence-electron chi connectivity index (χ4n) is 3.81. The Morgan fingerprint density at radius 1 is 1.09 bits per heavy atom. The molecule has 1 atom stereocenters. The molecular formula is C24H29FN4O4. The molecule has 4 amide bonds. The summed E-state index contributed by atoms with van der Waals surface area (Å²) in [6.45, 7) is 2.31. The second-order valence-electron chi connectivity index (χ2n) is 7.98. The highest BCUT2D eigenvalue weighted by atomic mass is 19.1. The van der Waals surface area contributed by atoms with Gasteiger partial charge in [0, 0.05) is 38.2 Å². The number of nitrogens with one attached hydrogen (secondary N) is 3. The normalized spacial score (nSPS) is 14.8. The summed E-state index contributed by atoms with van der Waals surface area (Å²) >= 11 is 0. The van der Waals surface area contributed by atoms with Crippen LogP contribution >= 0.6 is 0 Å². The number of carbonyl (C=O) groups excluding carboxylic acids is 3. The predicted octanol–water partition coefficient (Wildman–Crippen LogP) is 2.69. The van der Waals surface area contributed by atoms with Crippen LogP contribution in [0.5, 0.6) is 5.75 Å². The highest BCUT2D eigenvalue weighted by Gasteiger charge is 2.27. The standard InChI is InChI=1S/C24H29FN4O4/c1-16(30)26-21(15-17-5-3-4-6-22(17)33-2)23(31)27-20-11-13-29(14-12-20)24(32)28-19-9-7-18(25)8-10-19/h3-10,20-21H,11-15H2,1-2H3,(H,26,30)(H,27,31)(H,28,32)/t21-/m1/s1. The van der Waals surface area contributed by atoms with E-state index in [9.17, 15) is 18.8 Å². The number of hydrogen-bond donors (Lipinski definition) is 3. The van der Waals surface area contributed by atoms with Gasteiger partial charge in [-0.3, -0.25) is 9.59 Å². The molecule has 0 spiro atoms. The molecule has 0 unspecified atom stereocenters. The summed E-state index contributed by atoms with van der Waals surface area (Å²) in [5.41, 5.74) is 1.34. The first-order valence-corrected chi connectivity index (χ1v) is 10.9. The SMILES string of the molecule is COc1ccccc1C[C@@H](NC(C)=O)C(=O)NC1CCN(C(=O)Nc2ccc(F)cc2)CC1. The quantitative estimate of drug-likeness (QED) is 0.597. The number of hydrogen-bond acceptors (Lipinski definition) is 4. The maximum atomic E-state index is 13.0. The van der Waals surface area contributed by atoms with Crippen LogP contribution in [0, 0.1) is 5.82 Å². The monoisotopic (exact) mass is 456 g/mol. The Hall–Kier alpha value is -3.62. The summed E-state index contributed by atoms with van der Waals surface area (Å²) in [7, 11) is 1.56.